The van der Waals surface area contributed by atoms with Crippen LogP contribution in [0.25, 0.3) is 11.0 Å². The Bertz CT molecular complexity index is 1040. The Labute approximate surface area is 170 Å². The second-order valence-corrected chi connectivity index (χ2v) is 9.96. The molecule has 2 saturated heterocycles. The molecule has 1 atom stereocenters. The van der Waals surface area contributed by atoms with Gasteiger partial charge in [-0.3, -0.25) is 9.58 Å². The van der Waals surface area contributed by atoms with E-state index in [2.05, 4.69) is 19.9 Å². The fraction of sp³-hybridized carbons (Fsp3) is 0.632. The van der Waals surface area contributed by atoms with E-state index in [-0.39, 0.29) is 23.5 Å². The summed E-state index contributed by atoms with van der Waals surface area (Å²) in [5, 5.41) is 5.35. The maximum atomic E-state index is 12.6. The summed E-state index contributed by atoms with van der Waals surface area (Å²) >= 11 is 0. The first-order valence-electron chi connectivity index (χ1n) is 9.99. The summed E-state index contributed by atoms with van der Waals surface area (Å²) in [4.78, 5) is 21.5. The van der Waals surface area contributed by atoms with Crippen LogP contribution in [0.2, 0.25) is 0 Å². The highest BCUT2D eigenvalue weighted by atomic mass is 32.2. The number of fused-ring (bicyclic) bond motifs is 1. The van der Waals surface area contributed by atoms with Gasteiger partial charge in [-0.25, -0.2) is 18.2 Å². The second-order valence-electron chi connectivity index (χ2n) is 7.73. The number of rotatable bonds is 4. The highest BCUT2D eigenvalue weighted by Gasteiger charge is 2.35. The van der Waals surface area contributed by atoms with E-state index in [1.165, 1.54) is 0 Å². The molecule has 0 radical (unpaired) electrons. The third-order valence-corrected chi connectivity index (χ3v) is 7.60. The number of carbonyl (C=O) groups is 1. The van der Waals surface area contributed by atoms with Crippen LogP contribution in [0.3, 0.4) is 0 Å². The van der Waals surface area contributed by atoms with Gasteiger partial charge in [0.1, 0.15) is 5.56 Å². The monoisotopic (exact) mass is 421 g/mol. The van der Waals surface area contributed by atoms with Crippen molar-refractivity contribution < 1.29 is 17.9 Å². The fourth-order valence-electron chi connectivity index (χ4n) is 4.45. The molecule has 4 rings (SSSR count). The normalized spacial score (nSPS) is 22.3. The van der Waals surface area contributed by atoms with Crippen molar-refractivity contribution in [1.29, 1.82) is 0 Å². The quantitative estimate of drug-likeness (QED) is 0.668. The standard InChI is InChI=1S/C19H27N5O4S/c1-4-28-19(25)15-11-20-18-16(13(2)21-22(18)3)17(15)24-8-6-23(7-9-24)14-5-10-29(26,27)12-14/h11,14H,4-10,12H2,1-3H3/t14-/m0/s1. The average Bonchev–Trinajstić information content (AvgIpc) is 3.20. The molecule has 0 spiro atoms. The van der Waals surface area contributed by atoms with Gasteiger partial charge in [-0.05, 0) is 20.3 Å². The van der Waals surface area contributed by atoms with Crippen LogP contribution in [-0.4, -0.2) is 84.4 Å². The van der Waals surface area contributed by atoms with Gasteiger partial charge >= 0.3 is 5.97 Å². The molecule has 9 nitrogen and oxygen atoms in total. The molecular weight excluding hydrogens is 394 g/mol. The van der Waals surface area contributed by atoms with Gasteiger partial charge < -0.3 is 9.64 Å². The average molecular weight is 422 g/mol. The van der Waals surface area contributed by atoms with E-state index in [0.29, 0.717) is 31.7 Å². The number of ether oxygens (including phenoxy) is 1. The summed E-state index contributed by atoms with van der Waals surface area (Å²) in [7, 11) is -1.06. The van der Waals surface area contributed by atoms with Crippen LogP contribution in [-0.2, 0) is 21.6 Å². The third kappa shape index (κ3) is 3.71. The zero-order chi connectivity index (χ0) is 20.8. The van der Waals surface area contributed by atoms with E-state index in [0.717, 1.165) is 35.5 Å². The minimum Gasteiger partial charge on any atom is -0.462 e. The highest BCUT2D eigenvalue weighted by Crippen LogP contribution is 2.33. The zero-order valence-electron chi connectivity index (χ0n) is 17.1. The molecule has 0 aromatic carbocycles. The Balaban J connectivity index is 1.65. The Morgan fingerprint density at radius 3 is 2.62 bits per heavy atom. The second kappa shape index (κ2) is 7.56. The topological polar surface area (TPSA) is 97.6 Å². The molecule has 158 valence electrons. The number of esters is 1. The lowest BCUT2D eigenvalue weighted by Crippen LogP contribution is -2.51. The predicted octanol–water partition coefficient (Wildman–Crippen LogP) is 0.763. The summed E-state index contributed by atoms with van der Waals surface area (Å²) in [5.74, 6) is 0.150. The molecule has 2 aromatic rings. The lowest BCUT2D eigenvalue weighted by molar-refractivity contribution is 0.0526. The highest BCUT2D eigenvalue weighted by molar-refractivity contribution is 7.91. The molecule has 29 heavy (non-hydrogen) atoms. The van der Waals surface area contributed by atoms with Crippen LogP contribution in [0.4, 0.5) is 5.69 Å². The van der Waals surface area contributed by atoms with Gasteiger partial charge in [0.2, 0.25) is 0 Å². The van der Waals surface area contributed by atoms with Crippen molar-refractivity contribution in [3.63, 3.8) is 0 Å². The lowest BCUT2D eigenvalue weighted by Gasteiger charge is -2.39. The molecule has 2 aromatic heterocycles. The number of aromatic nitrogens is 3. The van der Waals surface area contributed by atoms with Gasteiger partial charge in [-0.15, -0.1) is 0 Å². The van der Waals surface area contributed by atoms with Crippen molar-refractivity contribution >= 4 is 32.5 Å². The third-order valence-electron chi connectivity index (χ3n) is 5.85. The van der Waals surface area contributed by atoms with E-state index in [1.54, 1.807) is 17.8 Å². The van der Waals surface area contributed by atoms with Crippen molar-refractivity contribution in [2.75, 3.05) is 49.2 Å². The molecule has 0 bridgehead atoms. The van der Waals surface area contributed by atoms with Crippen LogP contribution < -0.4 is 4.90 Å². The summed E-state index contributed by atoms with van der Waals surface area (Å²) in [5.41, 5.74) is 2.82. The van der Waals surface area contributed by atoms with Gasteiger partial charge in [0.05, 0.1) is 34.9 Å². The molecule has 2 aliphatic rings. The molecule has 0 unspecified atom stereocenters. The van der Waals surface area contributed by atoms with E-state index in [4.69, 9.17) is 4.74 Å². The zero-order valence-corrected chi connectivity index (χ0v) is 17.9. The van der Waals surface area contributed by atoms with Crippen molar-refractivity contribution in [3.05, 3.63) is 17.5 Å². The molecule has 0 amide bonds. The predicted molar refractivity (Wildman–Crippen MR) is 110 cm³/mol. The molecule has 4 heterocycles. The molecular formula is C19H27N5O4S. The first-order valence-corrected chi connectivity index (χ1v) is 11.8. The van der Waals surface area contributed by atoms with Gasteiger partial charge in [-0.2, -0.15) is 5.10 Å². The molecule has 0 saturated carbocycles. The minimum absolute atomic E-state index is 0.101. The first-order chi connectivity index (χ1) is 13.8. The maximum Gasteiger partial charge on any atom is 0.341 e. The number of anilines is 1. The van der Waals surface area contributed by atoms with Crippen LogP contribution in [0.15, 0.2) is 6.20 Å². The number of nitrogens with zero attached hydrogens (tertiary/aromatic N) is 5. The Morgan fingerprint density at radius 2 is 2.00 bits per heavy atom. The van der Waals surface area contributed by atoms with Gasteiger partial charge in [-0.1, -0.05) is 0 Å². The number of carbonyl (C=O) groups excluding carboxylic acids is 1. The summed E-state index contributed by atoms with van der Waals surface area (Å²) < 4.78 is 30.7. The minimum atomic E-state index is -2.90. The molecule has 2 aliphatic heterocycles. The Kier molecular flexibility index (Phi) is 5.24. The number of piperazine rings is 1. The lowest BCUT2D eigenvalue weighted by atomic mass is 10.1. The van der Waals surface area contributed by atoms with Crippen LogP contribution in [0.5, 0.6) is 0 Å². The summed E-state index contributed by atoms with van der Waals surface area (Å²) in [6, 6.07) is 0.101. The number of aryl methyl sites for hydroxylation is 2. The van der Waals surface area contributed by atoms with Crippen molar-refractivity contribution in [3.8, 4) is 0 Å². The number of hydrogen-bond donors (Lipinski definition) is 0. The van der Waals surface area contributed by atoms with Crippen LogP contribution in [0.1, 0.15) is 29.4 Å². The first kappa shape index (κ1) is 20.1. The molecule has 2 fully saturated rings. The van der Waals surface area contributed by atoms with Crippen LogP contribution >= 0.6 is 0 Å². The van der Waals surface area contributed by atoms with Gasteiger partial charge in [0.15, 0.2) is 15.5 Å². The van der Waals surface area contributed by atoms with E-state index >= 15 is 0 Å². The smallest absolute Gasteiger partial charge is 0.341 e. The van der Waals surface area contributed by atoms with Gasteiger partial charge in [0, 0.05) is 45.5 Å². The van der Waals surface area contributed by atoms with E-state index < -0.39 is 9.84 Å². The van der Waals surface area contributed by atoms with E-state index in [9.17, 15) is 13.2 Å². The SMILES string of the molecule is CCOC(=O)c1cnc2c(c(C)nn2C)c1N1CCN([C@H]2CCS(=O)(=O)C2)CC1. The summed E-state index contributed by atoms with van der Waals surface area (Å²) in [6.07, 6.45) is 2.28. The summed E-state index contributed by atoms with van der Waals surface area (Å²) in [6.45, 7) is 6.92. The fourth-order valence-corrected chi connectivity index (χ4v) is 6.22. The van der Waals surface area contributed by atoms with Crippen molar-refractivity contribution in [2.45, 2.75) is 26.3 Å². The molecule has 10 heteroatoms. The Morgan fingerprint density at radius 1 is 1.28 bits per heavy atom. The molecule has 0 N–H and O–H groups in total. The van der Waals surface area contributed by atoms with E-state index in [1.807, 2.05) is 14.0 Å². The van der Waals surface area contributed by atoms with Crippen molar-refractivity contribution in [2.24, 2.45) is 7.05 Å². The Hall–Kier alpha value is -2.20. The van der Waals surface area contributed by atoms with Crippen LogP contribution in [0, 0.1) is 6.92 Å². The number of pyridine rings is 1. The van der Waals surface area contributed by atoms with Crippen molar-refractivity contribution in [1.82, 2.24) is 19.7 Å². The number of hydrogen-bond acceptors (Lipinski definition) is 8. The number of sulfone groups is 1. The molecule has 0 aliphatic carbocycles. The largest absolute Gasteiger partial charge is 0.462 e. The van der Waals surface area contributed by atoms with Gasteiger partial charge in [0.25, 0.3) is 0 Å². The maximum absolute atomic E-state index is 12.6.